The first-order valence-electron chi connectivity index (χ1n) is 6.59. The topological polar surface area (TPSA) is 93.2 Å². The van der Waals surface area contributed by atoms with Crippen LogP contribution in [0.1, 0.15) is 17.3 Å². The maximum Gasteiger partial charge on any atom is 0.339 e. The average Bonchev–Trinajstić information content (AvgIpc) is 2.52. The molecule has 5 nitrogen and oxygen atoms in total. The van der Waals surface area contributed by atoms with Gasteiger partial charge < -0.3 is 10.5 Å². The second kappa shape index (κ2) is 6.55. The van der Waals surface area contributed by atoms with Crippen molar-refractivity contribution in [1.82, 2.24) is 0 Å². The molecule has 0 aliphatic rings. The summed E-state index contributed by atoms with van der Waals surface area (Å²) in [6.45, 7) is 0.933. The predicted molar refractivity (Wildman–Crippen MR) is 81.7 cm³/mol. The first kappa shape index (κ1) is 15.3. The van der Waals surface area contributed by atoms with Gasteiger partial charge in [0, 0.05) is 5.70 Å². The van der Waals surface area contributed by atoms with Crippen LogP contribution >= 0.6 is 0 Å². The van der Waals surface area contributed by atoms with Crippen LogP contribution in [0, 0.1) is 11.3 Å². The molecular formula is C17H14N2O3. The standard InChI is InChI=1S/C17H14N2O3/c1-11(19)15(9-18)16(20)10-22-17(21)14-8-4-6-12-5-2-3-7-13(12)14/h2-8H,10,19H2,1H3/b15-11+. The van der Waals surface area contributed by atoms with Crippen molar-refractivity contribution in [1.29, 1.82) is 5.26 Å². The molecule has 0 saturated heterocycles. The lowest BCUT2D eigenvalue weighted by molar-refractivity contribution is -0.118. The van der Waals surface area contributed by atoms with Crippen LogP contribution < -0.4 is 5.73 Å². The van der Waals surface area contributed by atoms with E-state index in [1.165, 1.54) is 6.92 Å². The summed E-state index contributed by atoms with van der Waals surface area (Å²) < 4.78 is 5.00. The quantitative estimate of drug-likeness (QED) is 0.530. The first-order valence-corrected chi connectivity index (χ1v) is 6.59. The molecule has 2 rings (SSSR count). The molecule has 0 radical (unpaired) electrons. The van der Waals surface area contributed by atoms with Gasteiger partial charge in [-0.3, -0.25) is 4.79 Å². The normalized spacial score (nSPS) is 11.5. The summed E-state index contributed by atoms with van der Waals surface area (Å²) >= 11 is 0. The SMILES string of the molecule is C/C(N)=C(/C#N)C(=O)COC(=O)c1cccc2ccccc12. The lowest BCUT2D eigenvalue weighted by atomic mass is 10.0. The Morgan fingerprint density at radius 3 is 2.55 bits per heavy atom. The number of esters is 1. The molecule has 0 aliphatic heterocycles. The van der Waals surface area contributed by atoms with E-state index in [0.29, 0.717) is 5.56 Å². The Labute approximate surface area is 127 Å². The third kappa shape index (κ3) is 3.13. The van der Waals surface area contributed by atoms with E-state index in [1.54, 1.807) is 24.3 Å². The summed E-state index contributed by atoms with van der Waals surface area (Å²) in [5.41, 5.74) is 5.72. The van der Waals surface area contributed by atoms with Crippen molar-refractivity contribution in [3.8, 4) is 6.07 Å². The van der Waals surface area contributed by atoms with Gasteiger partial charge in [-0.25, -0.2) is 4.79 Å². The highest BCUT2D eigenvalue weighted by Crippen LogP contribution is 2.19. The maximum absolute atomic E-state index is 12.1. The van der Waals surface area contributed by atoms with Crippen LogP contribution in [-0.4, -0.2) is 18.4 Å². The monoisotopic (exact) mass is 294 g/mol. The molecule has 0 spiro atoms. The molecule has 0 aromatic heterocycles. The van der Waals surface area contributed by atoms with E-state index < -0.39 is 18.4 Å². The van der Waals surface area contributed by atoms with Gasteiger partial charge >= 0.3 is 5.97 Å². The zero-order valence-corrected chi connectivity index (χ0v) is 12.0. The van der Waals surface area contributed by atoms with Crippen molar-refractivity contribution in [2.75, 3.05) is 6.61 Å². The van der Waals surface area contributed by atoms with Gasteiger partial charge in [-0.05, 0) is 23.8 Å². The van der Waals surface area contributed by atoms with E-state index >= 15 is 0 Å². The number of hydrogen-bond donors (Lipinski definition) is 1. The molecule has 0 amide bonds. The molecule has 0 aliphatic carbocycles. The van der Waals surface area contributed by atoms with Crippen molar-refractivity contribution in [3.63, 3.8) is 0 Å². The van der Waals surface area contributed by atoms with Crippen molar-refractivity contribution in [3.05, 3.63) is 59.3 Å². The summed E-state index contributed by atoms with van der Waals surface area (Å²) in [5.74, 6) is -1.23. The molecule has 0 fully saturated rings. The van der Waals surface area contributed by atoms with Gasteiger partial charge in [-0.15, -0.1) is 0 Å². The predicted octanol–water partition coefficient (Wildman–Crippen LogP) is 2.32. The number of ketones is 1. The number of nitrogens with two attached hydrogens (primary N) is 1. The molecule has 2 N–H and O–H groups in total. The number of benzene rings is 2. The summed E-state index contributed by atoms with van der Waals surface area (Å²) in [5, 5.41) is 10.5. The largest absolute Gasteiger partial charge is 0.454 e. The van der Waals surface area contributed by atoms with Gasteiger partial charge in [0.1, 0.15) is 11.6 Å². The second-order valence-electron chi connectivity index (χ2n) is 4.70. The van der Waals surface area contributed by atoms with E-state index in [9.17, 15) is 9.59 Å². The number of carbonyl (C=O) groups is 2. The van der Waals surface area contributed by atoms with Crippen LogP contribution in [0.2, 0.25) is 0 Å². The van der Waals surface area contributed by atoms with Crippen LogP contribution in [-0.2, 0) is 9.53 Å². The summed E-state index contributed by atoms with van der Waals surface area (Å²) in [7, 11) is 0. The Kier molecular flexibility index (Phi) is 4.54. The van der Waals surface area contributed by atoms with Crippen LogP contribution in [0.3, 0.4) is 0 Å². The van der Waals surface area contributed by atoms with Gasteiger partial charge in [0.2, 0.25) is 5.78 Å². The van der Waals surface area contributed by atoms with Gasteiger partial charge in [-0.1, -0.05) is 36.4 Å². The van der Waals surface area contributed by atoms with Gasteiger partial charge in [0.25, 0.3) is 0 Å². The Hall–Kier alpha value is -3.13. The third-order valence-electron chi connectivity index (χ3n) is 3.13. The molecule has 2 aromatic carbocycles. The summed E-state index contributed by atoms with van der Waals surface area (Å²) in [6, 6.07) is 14.3. The van der Waals surface area contributed by atoms with Gasteiger partial charge in [0.05, 0.1) is 5.56 Å². The fourth-order valence-corrected chi connectivity index (χ4v) is 2.05. The Morgan fingerprint density at radius 2 is 1.86 bits per heavy atom. The Bertz CT molecular complexity index is 807. The molecule has 0 atom stereocenters. The molecular weight excluding hydrogens is 280 g/mol. The fraction of sp³-hybridized carbons (Fsp3) is 0.118. The first-order chi connectivity index (χ1) is 10.5. The minimum absolute atomic E-state index is 0.105. The minimum Gasteiger partial charge on any atom is -0.454 e. The van der Waals surface area contributed by atoms with Crippen molar-refractivity contribution >= 4 is 22.5 Å². The van der Waals surface area contributed by atoms with E-state index in [2.05, 4.69) is 0 Å². The van der Waals surface area contributed by atoms with Crippen molar-refractivity contribution in [2.24, 2.45) is 5.73 Å². The van der Waals surface area contributed by atoms with Crippen molar-refractivity contribution in [2.45, 2.75) is 6.92 Å². The number of ether oxygens (including phenoxy) is 1. The number of fused-ring (bicyclic) bond motifs is 1. The number of nitrogens with zero attached hydrogens (tertiary/aromatic N) is 1. The average molecular weight is 294 g/mol. The Balaban J connectivity index is 2.18. The molecule has 0 heterocycles. The van der Waals surface area contributed by atoms with Crippen LogP contribution in [0.25, 0.3) is 10.8 Å². The second-order valence-corrected chi connectivity index (χ2v) is 4.70. The summed E-state index contributed by atoms with van der Waals surface area (Å²) in [4.78, 5) is 23.9. The summed E-state index contributed by atoms with van der Waals surface area (Å²) in [6.07, 6.45) is 0. The molecule has 0 bridgehead atoms. The number of hydrogen-bond acceptors (Lipinski definition) is 5. The van der Waals surface area contributed by atoms with Gasteiger partial charge in [0.15, 0.2) is 6.61 Å². The molecule has 5 heteroatoms. The van der Waals surface area contributed by atoms with Crippen LogP contribution in [0.4, 0.5) is 0 Å². The van der Waals surface area contributed by atoms with E-state index in [4.69, 9.17) is 15.7 Å². The van der Waals surface area contributed by atoms with E-state index in [1.807, 2.05) is 24.3 Å². The number of Topliss-reactive ketones (excluding diaryl/α,β-unsaturated/α-hetero) is 1. The third-order valence-corrected chi connectivity index (χ3v) is 3.13. The highest BCUT2D eigenvalue weighted by molar-refractivity contribution is 6.06. The highest BCUT2D eigenvalue weighted by atomic mass is 16.5. The minimum atomic E-state index is -0.615. The number of nitriles is 1. The number of rotatable bonds is 4. The lowest BCUT2D eigenvalue weighted by Crippen LogP contribution is -2.17. The van der Waals surface area contributed by atoms with Crippen LogP contribution in [0.5, 0.6) is 0 Å². The number of allylic oxidation sites excluding steroid dienone is 1. The highest BCUT2D eigenvalue weighted by Gasteiger charge is 2.16. The van der Waals surface area contributed by atoms with Crippen LogP contribution in [0.15, 0.2) is 53.7 Å². The molecule has 2 aromatic rings. The Morgan fingerprint density at radius 1 is 1.18 bits per heavy atom. The fourth-order valence-electron chi connectivity index (χ4n) is 2.05. The molecule has 22 heavy (non-hydrogen) atoms. The zero-order valence-electron chi connectivity index (χ0n) is 12.0. The molecule has 110 valence electrons. The molecule has 0 unspecified atom stereocenters. The maximum atomic E-state index is 12.1. The zero-order chi connectivity index (χ0) is 16.1. The van der Waals surface area contributed by atoms with Gasteiger partial charge in [-0.2, -0.15) is 5.26 Å². The molecule has 0 saturated carbocycles. The number of carbonyl (C=O) groups excluding carboxylic acids is 2. The lowest BCUT2D eigenvalue weighted by Gasteiger charge is -2.07. The van der Waals surface area contributed by atoms with E-state index in [0.717, 1.165) is 10.8 Å². The van der Waals surface area contributed by atoms with E-state index in [-0.39, 0.29) is 11.3 Å². The smallest absolute Gasteiger partial charge is 0.339 e. The van der Waals surface area contributed by atoms with Crippen molar-refractivity contribution < 1.29 is 14.3 Å².